The first-order valence-corrected chi connectivity index (χ1v) is 17.6. The third-order valence-electron chi connectivity index (χ3n) is 10.0. The molecule has 3 heterocycles. The molecule has 3 aromatic heterocycles. The highest BCUT2D eigenvalue weighted by Crippen LogP contribution is 2.40. The van der Waals surface area contributed by atoms with Gasteiger partial charge in [-0.1, -0.05) is 91.0 Å². The lowest BCUT2D eigenvalue weighted by Crippen LogP contribution is -2.22. The number of para-hydroxylation sites is 3. The quantitative estimate of drug-likeness (QED) is 0.157. The number of alkyl halides is 3. The van der Waals surface area contributed by atoms with Gasteiger partial charge >= 0.3 is 6.18 Å². The van der Waals surface area contributed by atoms with Gasteiger partial charge in [0.15, 0.2) is 0 Å². The molecule has 0 atom stereocenters. The molecule has 0 saturated carbocycles. The van der Waals surface area contributed by atoms with E-state index in [4.69, 9.17) is 0 Å². The van der Waals surface area contributed by atoms with Crippen molar-refractivity contribution in [2.45, 2.75) is 39.5 Å². The molecule has 5 aromatic carbocycles. The maximum Gasteiger partial charge on any atom is 0.418 e. The second kappa shape index (κ2) is 13.8. The van der Waals surface area contributed by atoms with Crippen LogP contribution in [0.5, 0.6) is 0 Å². The van der Waals surface area contributed by atoms with Crippen molar-refractivity contribution in [1.82, 2.24) is 14.1 Å². The molecule has 0 aliphatic heterocycles. The Morgan fingerprint density at radius 1 is 0.648 bits per heavy atom. The number of nitrogens with zero attached hydrogens (tertiary/aromatic N) is 4. The average Bonchev–Trinajstić information content (AvgIpc) is 3.73. The lowest BCUT2D eigenvalue weighted by atomic mass is 9.91. The van der Waals surface area contributed by atoms with Crippen LogP contribution in [0.4, 0.5) is 18.9 Å². The summed E-state index contributed by atoms with van der Waals surface area (Å²) in [6.45, 7) is 3.86. The van der Waals surface area contributed by atoms with Crippen molar-refractivity contribution in [1.29, 1.82) is 0 Å². The molecule has 8 aromatic rings. The third-order valence-corrected chi connectivity index (χ3v) is 10.0. The Balaban J connectivity index is 1.32. The maximum absolute atomic E-state index is 14.3. The molecular weight excluding hydrogens is 686 g/mol. The van der Waals surface area contributed by atoms with Crippen LogP contribution in [0.2, 0.25) is 0 Å². The molecule has 0 saturated heterocycles. The second-order valence-corrected chi connectivity index (χ2v) is 13.5. The zero-order valence-electron chi connectivity index (χ0n) is 29.6. The molecule has 0 bridgehead atoms. The van der Waals surface area contributed by atoms with Crippen molar-refractivity contribution >= 4 is 50.2 Å². The molecule has 0 aliphatic carbocycles. The molecule has 0 radical (unpaired) electrons. The fraction of sp³-hybridized carbons (Fsp3) is 0.133. The number of fused-ring (bicyclic) bond motifs is 3. The lowest BCUT2D eigenvalue weighted by molar-refractivity contribution is -0.136. The van der Waals surface area contributed by atoms with Crippen molar-refractivity contribution in [3.05, 3.63) is 168 Å². The minimum Gasteiger partial charge on any atom is -0.363 e. The van der Waals surface area contributed by atoms with Crippen LogP contribution in [0.1, 0.15) is 51.3 Å². The molecule has 54 heavy (non-hydrogen) atoms. The molecule has 0 unspecified atom stereocenters. The van der Waals surface area contributed by atoms with E-state index >= 15 is 0 Å². The first-order valence-electron chi connectivity index (χ1n) is 17.6. The van der Waals surface area contributed by atoms with Crippen molar-refractivity contribution in [3.8, 4) is 11.1 Å². The van der Waals surface area contributed by atoms with Crippen LogP contribution in [0.15, 0.2) is 140 Å². The largest absolute Gasteiger partial charge is 0.418 e. The summed E-state index contributed by atoms with van der Waals surface area (Å²) in [5.74, 6) is -0.214. The number of carbonyl (C=O) groups is 2. The third kappa shape index (κ3) is 6.42. The number of rotatable bonds is 8. The highest BCUT2D eigenvalue weighted by atomic mass is 19.4. The minimum atomic E-state index is -4.58. The van der Waals surface area contributed by atoms with E-state index in [1.807, 2.05) is 116 Å². The average molecular weight is 721 g/mol. The van der Waals surface area contributed by atoms with E-state index in [1.54, 1.807) is 21.4 Å². The monoisotopic (exact) mass is 720 g/mol. The van der Waals surface area contributed by atoms with Crippen LogP contribution in [0, 0.1) is 0 Å². The summed E-state index contributed by atoms with van der Waals surface area (Å²) >= 11 is 0. The van der Waals surface area contributed by atoms with E-state index in [2.05, 4.69) is 9.88 Å². The zero-order chi connectivity index (χ0) is 37.6. The van der Waals surface area contributed by atoms with Gasteiger partial charge in [-0.05, 0) is 70.1 Å². The van der Waals surface area contributed by atoms with E-state index in [-0.39, 0.29) is 17.3 Å². The zero-order valence-corrected chi connectivity index (χ0v) is 29.6. The first kappa shape index (κ1) is 34.6. The van der Waals surface area contributed by atoms with Crippen molar-refractivity contribution < 1.29 is 22.8 Å². The van der Waals surface area contributed by atoms with E-state index in [0.29, 0.717) is 30.5 Å². The van der Waals surface area contributed by atoms with Gasteiger partial charge in [-0.25, -0.2) is 0 Å². The predicted octanol–water partition coefficient (Wildman–Crippen LogP) is 10.9. The van der Waals surface area contributed by atoms with Crippen LogP contribution in [-0.2, 0) is 25.7 Å². The second-order valence-electron chi connectivity index (χ2n) is 13.5. The molecule has 9 heteroatoms. The smallest absolute Gasteiger partial charge is 0.363 e. The number of pyridine rings is 1. The molecule has 0 amide bonds. The maximum atomic E-state index is 14.3. The van der Waals surface area contributed by atoms with Crippen molar-refractivity contribution in [2.75, 3.05) is 4.90 Å². The van der Waals surface area contributed by atoms with Gasteiger partial charge in [-0.2, -0.15) is 13.2 Å². The Morgan fingerprint density at radius 2 is 1.20 bits per heavy atom. The summed E-state index contributed by atoms with van der Waals surface area (Å²) in [7, 11) is 0. The Hall–Kier alpha value is -6.48. The Bertz CT molecular complexity index is 2620. The van der Waals surface area contributed by atoms with Crippen molar-refractivity contribution in [2.24, 2.45) is 0 Å². The summed E-state index contributed by atoms with van der Waals surface area (Å²) in [5, 5.41) is 2.28. The predicted molar refractivity (Wildman–Crippen MR) is 208 cm³/mol. The topological polar surface area (TPSA) is 60.1 Å². The highest BCUT2D eigenvalue weighted by molar-refractivity contribution is 5.99. The summed E-state index contributed by atoms with van der Waals surface area (Å²) in [6.07, 6.45) is 1.20. The lowest BCUT2D eigenvalue weighted by Gasteiger charge is -2.26. The molecule has 8 rings (SSSR count). The number of benzene rings is 5. The van der Waals surface area contributed by atoms with Crippen molar-refractivity contribution in [3.63, 3.8) is 0 Å². The molecule has 0 aliphatic rings. The van der Waals surface area contributed by atoms with Gasteiger partial charge in [0, 0.05) is 67.4 Å². The summed E-state index contributed by atoms with van der Waals surface area (Å²) in [6, 6.07) is 37.4. The minimum absolute atomic E-state index is 0.104. The Morgan fingerprint density at radius 3 is 1.80 bits per heavy atom. The normalized spacial score (nSPS) is 11.8. The number of carbonyl (C=O) groups excluding carboxylic acids is 2. The number of anilines is 1. The van der Waals surface area contributed by atoms with Crippen LogP contribution in [0.3, 0.4) is 0 Å². The number of hydrogen-bond acceptors (Lipinski definition) is 4. The molecular formula is C45H35F3N4O2. The summed E-state index contributed by atoms with van der Waals surface area (Å²) < 4.78 is 46.3. The van der Waals surface area contributed by atoms with Gasteiger partial charge < -0.3 is 4.90 Å². The van der Waals surface area contributed by atoms with E-state index in [1.165, 1.54) is 19.9 Å². The van der Waals surface area contributed by atoms with Gasteiger partial charge in [0.2, 0.25) is 11.8 Å². The molecule has 0 spiro atoms. The molecule has 0 fully saturated rings. The van der Waals surface area contributed by atoms with Crippen LogP contribution < -0.4 is 4.90 Å². The van der Waals surface area contributed by atoms with Gasteiger partial charge in [0.1, 0.15) is 0 Å². The van der Waals surface area contributed by atoms with Gasteiger partial charge in [-0.3, -0.25) is 23.7 Å². The Labute approximate surface area is 309 Å². The van der Waals surface area contributed by atoms with Gasteiger partial charge in [0.25, 0.3) is 0 Å². The highest BCUT2D eigenvalue weighted by Gasteiger charge is 2.34. The molecule has 6 nitrogen and oxygen atoms in total. The number of hydrogen-bond donors (Lipinski definition) is 0. The van der Waals surface area contributed by atoms with E-state index in [9.17, 15) is 22.8 Å². The van der Waals surface area contributed by atoms with Gasteiger partial charge in [-0.15, -0.1) is 0 Å². The standard InChI is InChI=1S/C45H35F3N4O2/c1-29(53)51-27-34(37-16-6-8-20-41(37)51)25-50(26-35-28-52(30(2)54)42-21-9-7-17-38(35)42)36-15-10-14-32(23-36)43-33(22-31-12-4-3-5-13-31)24-49-44-39(43)18-11-19-40(44)45(46,47)48/h3-21,23-24,27-28H,22,25-26H2,1-2H3. The van der Waals surface area contributed by atoms with E-state index in [0.717, 1.165) is 61.4 Å². The van der Waals surface area contributed by atoms with Crippen LogP contribution in [-0.4, -0.2) is 25.9 Å². The summed E-state index contributed by atoms with van der Waals surface area (Å²) in [5.41, 5.74) is 6.61. The fourth-order valence-electron chi connectivity index (χ4n) is 7.57. The van der Waals surface area contributed by atoms with E-state index < -0.39 is 11.7 Å². The molecule has 268 valence electrons. The molecule has 0 N–H and O–H groups in total. The fourth-order valence-corrected chi connectivity index (χ4v) is 7.57. The number of aromatic nitrogens is 3. The van der Waals surface area contributed by atoms with Crippen LogP contribution >= 0.6 is 0 Å². The van der Waals surface area contributed by atoms with Crippen LogP contribution in [0.25, 0.3) is 43.8 Å². The Kier molecular flexibility index (Phi) is 8.85. The SMILES string of the molecule is CC(=O)n1cc(CN(Cc2cn(C(C)=O)c3ccccc23)c2cccc(-c3c(Cc4ccccc4)cnc4c(C(F)(F)F)cccc34)c2)c2ccccc21. The first-order chi connectivity index (χ1) is 26.1. The number of halogens is 3. The van der Waals surface area contributed by atoms with Gasteiger partial charge in [0.05, 0.1) is 22.1 Å². The summed E-state index contributed by atoms with van der Waals surface area (Å²) in [4.78, 5) is 32.0.